The van der Waals surface area contributed by atoms with Crippen LogP contribution in [-0.4, -0.2) is 14.5 Å². The summed E-state index contributed by atoms with van der Waals surface area (Å²) >= 11 is 0. The molecule has 0 N–H and O–H groups in total. The molecule has 38 heavy (non-hydrogen) atoms. The summed E-state index contributed by atoms with van der Waals surface area (Å²) in [6, 6.07) is 7.07. The smallest absolute Gasteiger partial charge is 0.263 e. The van der Waals surface area contributed by atoms with E-state index < -0.39 is 10.1 Å². The minimum atomic E-state index is -3.70. The van der Waals surface area contributed by atoms with Crippen LogP contribution in [0.25, 0.3) is 0 Å². The van der Waals surface area contributed by atoms with Gasteiger partial charge in [0.1, 0.15) is 0 Å². The second-order valence-electron chi connectivity index (χ2n) is 14.9. The van der Waals surface area contributed by atoms with E-state index >= 15 is 0 Å². The molecule has 1 aromatic rings. The zero-order chi connectivity index (χ0) is 27.3. The van der Waals surface area contributed by atoms with E-state index in [1.165, 1.54) is 57.8 Å². The number of hydrogen-bond donors (Lipinski definition) is 0. The van der Waals surface area contributed by atoms with Crippen LogP contribution in [0.1, 0.15) is 117 Å². The topological polar surface area (TPSA) is 43.4 Å². The van der Waals surface area contributed by atoms with Gasteiger partial charge >= 0.3 is 0 Å². The first-order chi connectivity index (χ1) is 17.9. The van der Waals surface area contributed by atoms with E-state index in [0.717, 1.165) is 60.3 Å². The van der Waals surface area contributed by atoms with E-state index in [2.05, 4.69) is 34.6 Å². The molecule has 0 amide bonds. The van der Waals surface area contributed by atoms with Crippen molar-refractivity contribution in [3.05, 3.63) is 29.8 Å². The number of benzene rings is 1. The van der Waals surface area contributed by atoms with Gasteiger partial charge in [-0.25, -0.2) is 0 Å². The molecule has 5 rings (SSSR count). The SMILES string of the molecule is Cc1ccc(S(=O)(=O)O[C@H]2CC[C@@]3(C)[C@@H](CC[C@H]4[C@H]3CC[C@@]3(C)[C@H]4CC[C@H]3[C@H](C)CCCC(C)C)C2)cc1. The lowest BCUT2D eigenvalue weighted by Gasteiger charge is -2.61. The van der Waals surface area contributed by atoms with Crippen molar-refractivity contribution >= 4 is 10.1 Å². The van der Waals surface area contributed by atoms with Crippen LogP contribution < -0.4 is 0 Å². The molecule has 4 aliphatic carbocycles. The Morgan fingerprint density at radius 1 is 0.868 bits per heavy atom. The molecule has 4 fully saturated rings. The van der Waals surface area contributed by atoms with E-state index in [-0.39, 0.29) is 6.10 Å². The Hall–Kier alpha value is -0.870. The van der Waals surface area contributed by atoms with Crippen molar-refractivity contribution in [3.8, 4) is 0 Å². The lowest BCUT2D eigenvalue weighted by atomic mass is 9.44. The fourth-order valence-corrected chi connectivity index (χ4v) is 11.4. The molecule has 0 bridgehead atoms. The van der Waals surface area contributed by atoms with Gasteiger partial charge in [-0.05, 0) is 129 Å². The summed E-state index contributed by atoms with van der Waals surface area (Å²) in [4.78, 5) is 0.293. The van der Waals surface area contributed by atoms with Crippen LogP contribution in [0.2, 0.25) is 0 Å². The number of fused-ring (bicyclic) bond motifs is 5. The molecule has 3 nitrogen and oxygen atoms in total. The van der Waals surface area contributed by atoms with Gasteiger partial charge in [-0.15, -0.1) is 0 Å². The zero-order valence-electron chi connectivity index (χ0n) is 25.0. The van der Waals surface area contributed by atoms with Gasteiger partial charge in [0.25, 0.3) is 10.1 Å². The highest BCUT2D eigenvalue weighted by molar-refractivity contribution is 7.86. The lowest BCUT2D eigenvalue weighted by Crippen LogP contribution is -2.54. The standard InChI is InChI=1S/C34H54O3S/c1-23(2)8-7-9-25(4)30-16-17-31-29-15-12-26-22-27(37-38(35,36)28-13-10-24(3)11-14-28)18-20-33(26,5)32(29)19-21-34(30,31)6/h10-11,13-14,23,25-27,29-32H,7-9,12,15-22H2,1-6H3/t25-,26+,27+,29-,30+,31+,32-,33+,34-/m1/s1. The summed E-state index contributed by atoms with van der Waals surface area (Å²) < 4.78 is 31.9. The third-order valence-corrected chi connectivity index (χ3v) is 13.8. The molecule has 0 spiro atoms. The maximum absolute atomic E-state index is 13.0. The molecular formula is C34H54O3S. The van der Waals surface area contributed by atoms with Gasteiger partial charge < -0.3 is 0 Å². The maximum atomic E-state index is 13.0. The van der Waals surface area contributed by atoms with Crippen LogP contribution in [0, 0.1) is 59.2 Å². The molecule has 0 aromatic heterocycles. The normalized spacial score (nSPS) is 39.9. The molecule has 4 saturated carbocycles. The van der Waals surface area contributed by atoms with Crippen LogP contribution in [0.15, 0.2) is 29.2 Å². The largest absolute Gasteiger partial charge is 0.297 e. The van der Waals surface area contributed by atoms with Crippen molar-refractivity contribution < 1.29 is 12.6 Å². The van der Waals surface area contributed by atoms with Crippen LogP contribution >= 0.6 is 0 Å². The van der Waals surface area contributed by atoms with E-state index in [1.807, 2.05) is 19.1 Å². The number of rotatable bonds is 8. The molecule has 9 atom stereocenters. The Morgan fingerprint density at radius 2 is 1.55 bits per heavy atom. The molecule has 0 aliphatic heterocycles. The Bertz CT molecular complexity index is 1060. The molecule has 0 radical (unpaired) electrons. The average molecular weight is 543 g/mol. The Balaban J connectivity index is 1.24. The van der Waals surface area contributed by atoms with Crippen LogP contribution in [0.3, 0.4) is 0 Å². The molecule has 0 saturated heterocycles. The second kappa shape index (κ2) is 10.8. The third-order valence-electron chi connectivity index (χ3n) is 12.4. The summed E-state index contributed by atoms with van der Waals surface area (Å²) in [7, 11) is -3.70. The molecule has 1 aromatic carbocycles. The summed E-state index contributed by atoms with van der Waals surface area (Å²) in [5.41, 5.74) is 1.94. The van der Waals surface area contributed by atoms with E-state index in [4.69, 9.17) is 4.18 Å². The Labute approximate surface area is 234 Å². The first-order valence-corrected chi connectivity index (χ1v) is 17.3. The van der Waals surface area contributed by atoms with Crippen molar-refractivity contribution in [2.45, 2.75) is 130 Å². The van der Waals surface area contributed by atoms with E-state index in [9.17, 15) is 8.42 Å². The lowest BCUT2D eigenvalue weighted by molar-refractivity contribution is -0.126. The maximum Gasteiger partial charge on any atom is 0.297 e. The highest BCUT2D eigenvalue weighted by Gasteiger charge is 2.60. The highest BCUT2D eigenvalue weighted by atomic mass is 32.2. The summed E-state index contributed by atoms with van der Waals surface area (Å²) in [5, 5.41) is 0. The Morgan fingerprint density at radius 3 is 2.26 bits per heavy atom. The first-order valence-electron chi connectivity index (χ1n) is 15.9. The first kappa shape index (κ1) is 28.7. The van der Waals surface area contributed by atoms with Gasteiger partial charge in [-0.1, -0.05) is 71.6 Å². The molecule has 214 valence electrons. The van der Waals surface area contributed by atoms with Crippen molar-refractivity contribution in [2.75, 3.05) is 0 Å². The van der Waals surface area contributed by atoms with E-state index in [1.54, 1.807) is 12.1 Å². The predicted molar refractivity (Wildman–Crippen MR) is 156 cm³/mol. The summed E-state index contributed by atoms with van der Waals surface area (Å²) in [6.07, 6.45) is 15.2. The predicted octanol–water partition coefficient (Wildman–Crippen LogP) is 9.19. The van der Waals surface area contributed by atoms with Gasteiger partial charge in [0, 0.05) is 0 Å². The minimum absolute atomic E-state index is 0.174. The fraction of sp³-hybridized carbons (Fsp3) is 0.824. The van der Waals surface area contributed by atoms with Gasteiger partial charge in [0.2, 0.25) is 0 Å². The molecule has 0 unspecified atom stereocenters. The monoisotopic (exact) mass is 542 g/mol. The van der Waals surface area contributed by atoms with Crippen molar-refractivity contribution in [1.82, 2.24) is 0 Å². The quantitative estimate of drug-likeness (QED) is 0.308. The van der Waals surface area contributed by atoms with Crippen molar-refractivity contribution in [3.63, 3.8) is 0 Å². The second-order valence-corrected chi connectivity index (χ2v) is 16.5. The van der Waals surface area contributed by atoms with E-state index in [0.29, 0.717) is 21.6 Å². The van der Waals surface area contributed by atoms with Crippen molar-refractivity contribution in [1.29, 1.82) is 0 Å². The minimum Gasteiger partial charge on any atom is -0.263 e. The van der Waals surface area contributed by atoms with Gasteiger partial charge in [-0.3, -0.25) is 4.18 Å². The van der Waals surface area contributed by atoms with Crippen LogP contribution in [0.5, 0.6) is 0 Å². The van der Waals surface area contributed by atoms with Crippen molar-refractivity contribution in [2.24, 2.45) is 52.3 Å². The summed E-state index contributed by atoms with van der Waals surface area (Å²) in [5.74, 6) is 5.75. The zero-order valence-corrected chi connectivity index (χ0v) is 25.9. The van der Waals surface area contributed by atoms with Crippen LogP contribution in [0.4, 0.5) is 0 Å². The molecule has 0 heterocycles. The molecule has 4 heteroatoms. The molecular weight excluding hydrogens is 488 g/mol. The summed E-state index contributed by atoms with van der Waals surface area (Å²) in [6.45, 7) is 14.5. The van der Waals surface area contributed by atoms with Gasteiger partial charge in [-0.2, -0.15) is 8.42 Å². The Kier molecular flexibility index (Phi) is 8.17. The van der Waals surface area contributed by atoms with Crippen LogP contribution in [-0.2, 0) is 14.3 Å². The van der Waals surface area contributed by atoms with Gasteiger partial charge in [0.15, 0.2) is 0 Å². The van der Waals surface area contributed by atoms with Gasteiger partial charge in [0.05, 0.1) is 11.0 Å². The average Bonchev–Trinajstić information content (AvgIpc) is 3.21. The number of hydrogen-bond acceptors (Lipinski definition) is 3. The highest BCUT2D eigenvalue weighted by Crippen LogP contribution is 2.68. The number of aryl methyl sites for hydroxylation is 1. The molecule has 4 aliphatic rings. The third kappa shape index (κ3) is 5.27. The fourth-order valence-electron chi connectivity index (χ4n) is 10.3.